The lowest BCUT2D eigenvalue weighted by Gasteiger charge is -2.02. The highest BCUT2D eigenvalue weighted by Crippen LogP contribution is 2.33. The SMILES string of the molecule is C[C@@H](Sc1n[nH]c(-c2ccccc2)n1)c1nnc(-c2ccc(F)cc2)o1. The van der Waals surface area contributed by atoms with Crippen molar-refractivity contribution in [1.82, 2.24) is 25.4 Å². The summed E-state index contributed by atoms with van der Waals surface area (Å²) in [5, 5.41) is 15.7. The summed E-state index contributed by atoms with van der Waals surface area (Å²) in [6, 6.07) is 15.7. The maximum Gasteiger partial charge on any atom is 0.247 e. The number of thioether (sulfide) groups is 1. The van der Waals surface area contributed by atoms with Crippen molar-refractivity contribution in [2.24, 2.45) is 0 Å². The summed E-state index contributed by atoms with van der Waals surface area (Å²) in [5.41, 5.74) is 1.64. The van der Waals surface area contributed by atoms with Gasteiger partial charge in [-0.05, 0) is 31.2 Å². The van der Waals surface area contributed by atoms with Gasteiger partial charge in [0.2, 0.25) is 16.9 Å². The minimum absolute atomic E-state index is 0.129. The van der Waals surface area contributed by atoms with Crippen molar-refractivity contribution in [3.8, 4) is 22.8 Å². The Bertz CT molecular complexity index is 1000. The van der Waals surface area contributed by atoms with Crippen LogP contribution in [0.3, 0.4) is 0 Å². The van der Waals surface area contributed by atoms with Crippen LogP contribution in [0.5, 0.6) is 0 Å². The van der Waals surface area contributed by atoms with Crippen LogP contribution >= 0.6 is 11.8 Å². The molecule has 0 bridgehead atoms. The monoisotopic (exact) mass is 367 g/mol. The van der Waals surface area contributed by atoms with Gasteiger partial charge in [-0.2, -0.15) is 0 Å². The second kappa shape index (κ2) is 7.09. The molecular formula is C18H14FN5OS. The first-order valence-corrected chi connectivity index (χ1v) is 8.81. The predicted octanol–water partition coefficient (Wildman–Crippen LogP) is 4.51. The van der Waals surface area contributed by atoms with Gasteiger partial charge in [-0.15, -0.1) is 15.3 Å². The lowest BCUT2D eigenvalue weighted by atomic mass is 10.2. The van der Waals surface area contributed by atoms with Crippen molar-refractivity contribution in [2.75, 3.05) is 0 Å². The quantitative estimate of drug-likeness (QED) is 0.523. The summed E-state index contributed by atoms with van der Waals surface area (Å²) < 4.78 is 18.7. The summed E-state index contributed by atoms with van der Waals surface area (Å²) in [6.45, 7) is 1.94. The van der Waals surface area contributed by atoms with Gasteiger partial charge in [0.15, 0.2) is 5.82 Å². The van der Waals surface area contributed by atoms with Crippen LogP contribution in [0, 0.1) is 5.82 Å². The Balaban J connectivity index is 1.48. The molecule has 0 spiro atoms. The molecule has 0 saturated carbocycles. The summed E-state index contributed by atoms with van der Waals surface area (Å²) in [5.74, 6) is 1.21. The van der Waals surface area contributed by atoms with E-state index in [9.17, 15) is 4.39 Å². The summed E-state index contributed by atoms with van der Waals surface area (Å²) >= 11 is 1.41. The number of halogens is 1. The van der Waals surface area contributed by atoms with Crippen molar-refractivity contribution in [3.63, 3.8) is 0 Å². The van der Waals surface area contributed by atoms with E-state index in [1.54, 1.807) is 12.1 Å². The maximum atomic E-state index is 13.0. The van der Waals surface area contributed by atoms with E-state index in [-0.39, 0.29) is 11.1 Å². The van der Waals surface area contributed by atoms with E-state index in [4.69, 9.17) is 4.42 Å². The zero-order chi connectivity index (χ0) is 17.9. The van der Waals surface area contributed by atoms with Crippen LogP contribution in [0.4, 0.5) is 4.39 Å². The van der Waals surface area contributed by atoms with Crippen molar-refractivity contribution >= 4 is 11.8 Å². The Morgan fingerprint density at radius 2 is 1.77 bits per heavy atom. The third-order valence-electron chi connectivity index (χ3n) is 3.67. The minimum Gasteiger partial charge on any atom is -0.419 e. The van der Waals surface area contributed by atoms with Gasteiger partial charge in [0.1, 0.15) is 5.82 Å². The lowest BCUT2D eigenvalue weighted by Crippen LogP contribution is -1.89. The van der Waals surface area contributed by atoms with Gasteiger partial charge in [-0.3, -0.25) is 5.10 Å². The van der Waals surface area contributed by atoms with Crippen LogP contribution in [0.2, 0.25) is 0 Å². The Hall–Kier alpha value is -3.00. The van der Waals surface area contributed by atoms with E-state index in [1.807, 2.05) is 37.3 Å². The molecule has 26 heavy (non-hydrogen) atoms. The standard InChI is InChI=1S/C18H14FN5OS/c1-11(16-22-23-17(25-16)13-7-9-14(19)10-8-13)26-18-20-15(21-24-18)12-5-3-2-4-6-12/h2-11H,1H3,(H,20,21,24)/t11-/m1/s1. The highest BCUT2D eigenvalue weighted by Gasteiger charge is 2.18. The molecule has 0 aliphatic rings. The molecule has 0 aliphatic heterocycles. The molecule has 0 saturated heterocycles. The fourth-order valence-corrected chi connectivity index (χ4v) is 3.10. The van der Waals surface area contributed by atoms with E-state index in [2.05, 4.69) is 25.4 Å². The molecule has 0 unspecified atom stereocenters. The van der Waals surface area contributed by atoms with Crippen LogP contribution in [0.1, 0.15) is 18.1 Å². The summed E-state index contributed by atoms with van der Waals surface area (Å²) in [7, 11) is 0. The first-order valence-electron chi connectivity index (χ1n) is 7.93. The van der Waals surface area contributed by atoms with Crippen molar-refractivity contribution in [2.45, 2.75) is 17.3 Å². The highest BCUT2D eigenvalue weighted by atomic mass is 32.2. The molecule has 0 aliphatic carbocycles. The fourth-order valence-electron chi connectivity index (χ4n) is 2.34. The van der Waals surface area contributed by atoms with E-state index in [0.717, 1.165) is 5.56 Å². The van der Waals surface area contributed by atoms with Crippen molar-refractivity contribution < 1.29 is 8.81 Å². The van der Waals surface area contributed by atoms with Crippen molar-refractivity contribution in [1.29, 1.82) is 0 Å². The summed E-state index contributed by atoms with van der Waals surface area (Å²) in [4.78, 5) is 4.49. The second-order valence-corrected chi connectivity index (χ2v) is 6.85. The molecule has 1 N–H and O–H groups in total. The molecule has 8 heteroatoms. The van der Waals surface area contributed by atoms with Crippen LogP contribution in [0.15, 0.2) is 64.2 Å². The Morgan fingerprint density at radius 3 is 2.54 bits per heavy atom. The molecule has 2 aromatic heterocycles. The first kappa shape index (κ1) is 16.5. The van der Waals surface area contributed by atoms with Gasteiger partial charge in [0.05, 0.1) is 5.25 Å². The van der Waals surface area contributed by atoms with Gasteiger partial charge in [-0.1, -0.05) is 42.1 Å². The topological polar surface area (TPSA) is 80.5 Å². The van der Waals surface area contributed by atoms with Crippen LogP contribution < -0.4 is 0 Å². The third-order valence-corrected chi connectivity index (χ3v) is 4.62. The molecule has 0 amide bonds. The largest absolute Gasteiger partial charge is 0.419 e. The third kappa shape index (κ3) is 3.50. The molecule has 130 valence electrons. The number of benzene rings is 2. The van der Waals surface area contributed by atoms with E-state index >= 15 is 0 Å². The van der Waals surface area contributed by atoms with Gasteiger partial charge in [0, 0.05) is 11.1 Å². The normalized spacial score (nSPS) is 12.2. The molecule has 4 aromatic rings. The van der Waals surface area contributed by atoms with Crippen molar-refractivity contribution in [3.05, 3.63) is 66.3 Å². The fraction of sp³-hybridized carbons (Fsp3) is 0.111. The minimum atomic E-state index is -0.309. The molecule has 0 fully saturated rings. The van der Waals surface area contributed by atoms with Gasteiger partial charge < -0.3 is 4.42 Å². The average molecular weight is 367 g/mol. The number of hydrogen-bond acceptors (Lipinski definition) is 6. The number of nitrogens with one attached hydrogen (secondary N) is 1. The zero-order valence-corrected chi connectivity index (χ0v) is 14.6. The average Bonchev–Trinajstić information content (AvgIpc) is 3.33. The number of rotatable bonds is 5. The zero-order valence-electron chi connectivity index (χ0n) is 13.8. The van der Waals surface area contributed by atoms with Gasteiger partial charge in [0.25, 0.3) is 0 Å². The van der Waals surface area contributed by atoms with Crippen LogP contribution in [-0.4, -0.2) is 25.4 Å². The smallest absolute Gasteiger partial charge is 0.247 e. The molecule has 1 atom stereocenters. The van der Waals surface area contributed by atoms with E-state index in [0.29, 0.717) is 28.3 Å². The predicted molar refractivity (Wildman–Crippen MR) is 95.8 cm³/mol. The number of nitrogens with zero attached hydrogens (tertiary/aromatic N) is 4. The van der Waals surface area contributed by atoms with Gasteiger partial charge in [-0.25, -0.2) is 9.37 Å². The number of aromatic nitrogens is 5. The molecule has 2 aromatic carbocycles. The number of H-pyrrole nitrogens is 1. The Morgan fingerprint density at radius 1 is 1.00 bits per heavy atom. The van der Waals surface area contributed by atoms with Crippen LogP contribution in [-0.2, 0) is 0 Å². The van der Waals surface area contributed by atoms with Gasteiger partial charge >= 0.3 is 0 Å². The molecular weight excluding hydrogens is 353 g/mol. The Labute approximate surface area is 152 Å². The number of hydrogen-bond donors (Lipinski definition) is 1. The lowest BCUT2D eigenvalue weighted by molar-refractivity contribution is 0.509. The summed E-state index contributed by atoms with van der Waals surface area (Å²) in [6.07, 6.45) is 0. The highest BCUT2D eigenvalue weighted by molar-refractivity contribution is 7.99. The van der Waals surface area contributed by atoms with E-state index < -0.39 is 0 Å². The maximum absolute atomic E-state index is 13.0. The van der Waals surface area contributed by atoms with Crippen LogP contribution in [0.25, 0.3) is 22.8 Å². The molecule has 4 rings (SSSR count). The Kier molecular flexibility index (Phi) is 4.49. The number of aromatic amines is 1. The van der Waals surface area contributed by atoms with E-state index in [1.165, 1.54) is 23.9 Å². The molecule has 0 radical (unpaired) electrons. The first-order chi connectivity index (χ1) is 12.7. The molecule has 6 nitrogen and oxygen atoms in total. The second-order valence-electron chi connectivity index (χ2n) is 5.55. The molecule has 2 heterocycles.